The molecule has 0 radical (unpaired) electrons. The lowest BCUT2D eigenvalue weighted by atomic mass is 9.78. The minimum Gasteiger partial charge on any atom is -0.396 e. The number of unbranched alkanes of at least 4 members (excludes halogenated alkanes) is 1. The Morgan fingerprint density at radius 3 is 2.21 bits per heavy atom. The van der Waals surface area contributed by atoms with Gasteiger partial charge in [-0.1, -0.05) is 32.1 Å². The van der Waals surface area contributed by atoms with Crippen LogP contribution in [0.25, 0.3) is 0 Å². The SMILES string of the molecule is OCCCCC1CCCC(CCO)C1. The molecule has 1 fully saturated rings. The predicted molar refractivity (Wildman–Crippen MR) is 58.1 cm³/mol. The second kappa shape index (κ2) is 7.24. The summed E-state index contributed by atoms with van der Waals surface area (Å²) in [4.78, 5) is 0. The molecular weight excluding hydrogens is 176 g/mol. The molecule has 0 heterocycles. The quantitative estimate of drug-likeness (QED) is 0.646. The maximum absolute atomic E-state index is 8.89. The summed E-state index contributed by atoms with van der Waals surface area (Å²) >= 11 is 0. The highest BCUT2D eigenvalue weighted by Crippen LogP contribution is 2.33. The molecular formula is C12H24O2. The molecule has 0 aromatic rings. The molecule has 14 heavy (non-hydrogen) atoms. The first-order valence-corrected chi connectivity index (χ1v) is 6.08. The Labute approximate surface area is 87.3 Å². The molecule has 2 atom stereocenters. The zero-order valence-corrected chi connectivity index (χ0v) is 9.12. The summed E-state index contributed by atoms with van der Waals surface area (Å²) in [5.41, 5.74) is 0. The van der Waals surface area contributed by atoms with Gasteiger partial charge in [-0.15, -0.1) is 0 Å². The lowest BCUT2D eigenvalue weighted by Gasteiger charge is -2.28. The van der Waals surface area contributed by atoms with Gasteiger partial charge in [0.05, 0.1) is 0 Å². The van der Waals surface area contributed by atoms with E-state index in [2.05, 4.69) is 0 Å². The van der Waals surface area contributed by atoms with Crippen molar-refractivity contribution >= 4 is 0 Å². The van der Waals surface area contributed by atoms with Crippen molar-refractivity contribution in [1.82, 2.24) is 0 Å². The molecule has 2 N–H and O–H groups in total. The molecule has 1 rings (SSSR count). The topological polar surface area (TPSA) is 40.5 Å². The highest BCUT2D eigenvalue weighted by atomic mass is 16.3. The standard InChI is InChI=1S/C12H24O2/c13-8-2-1-4-11-5-3-6-12(10-11)7-9-14/h11-14H,1-10H2. The maximum Gasteiger partial charge on any atom is 0.0433 e. The van der Waals surface area contributed by atoms with E-state index in [0.29, 0.717) is 13.2 Å². The average molecular weight is 200 g/mol. The van der Waals surface area contributed by atoms with Crippen LogP contribution in [0.2, 0.25) is 0 Å². The van der Waals surface area contributed by atoms with Gasteiger partial charge in [-0.2, -0.15) is 0 Å². The fraction of sp³-hybridized carbons (Fsp3) is 1.00. The Hall–Kier alpha value is -0.0800. The molecule has 2 nitrogen and oxygen atoms in total. The van der Waals surface area contributed by atoms with E-state index >= 15 is 0 Å². The first kappa shape index (κ1) is 12.0. The lowest BCUT2D eigenvalue weighted by molar-refractivity contribution is 0.190. The second-order valence-corrected chi connectivity index (χ2v) is 4.63. The van der Waals surface area contributed by atoms with Gasteiger partial charge in [-0.05, 0) is 31.1 Å². The van der Waals surface area contributed by atoms with Crippen molar-refractivity contribution in [2.45, 2.75) is 51.4 Å². The van der Waals surface area contributed by atoms with E-state index < -0.39 is 0 Å². The van der Waals surface area contributed by atoms with Crippen LogP contribution < -0.4 is 0 Å². The molecule has 1 aliphatic rings. The second-order valence-electron chi connectivity index (χ2n) is 4.63. The summed E-state index contributed by atoms with van der Waals surface area (Å²) in [6.45, 7) is 0.695. The van der Waals surface area contributed by atoms with Crippen LogP contribution in [0.15, 0.2) is 0 Å². The van der Waals surface area contributed by atoms with Crippen molar-refractivity contribution in [3.05, 3.63) is 0 Å². The summed E-state index contributed by atoms with van der Waals surface area (Å²) in [7, 11) is 0. The van der Waals surface area contributed by atoms with E-state index in [9.17, 15) is 0 Å². The highest BCUT2D eigenvalue weighted by molar-refractivity contribution is 4.73. The molecule has 1 aliphatic carbocycles. The zero-order valence-electron chi connectivity index (χ0n) is 9.12. The van der Waals surface area contributed by atoms with Crippen LogP contribution in [0, 0.1) is 11.8 Å². The molecule has 0 aromatic carbocycles. The van der Waals surface area contributed by atoms with E-state index in [1.54, 1.807) is 0 Å². The van der Waals surface area contributed by atoms with Crippen molar-refractivity contribution in [2.75, 3.05) is 13.2 Å². The maximum atomic E-state index is 8.89. The Kier molecular flexibility index (Phi) is 6.20. The van der Waals surface area contributed by atoms with Gasteiger partial charge in [0.2, 0.25) is 0 Å². The molecule has 0 bridgehead atoms. The number of aliphatic hydroxyl groups is 2. The molecule has 84 valence electrons. The van der Waals surface area contributed by atoms with Crippen LogP contribution in [0.3, 0.4) is 0 Å². The van der Waals surface area contributed by atoms with Crippen LogP contribution in [0.1, 0.15) is 51.4 Å². The molecule has 0 spiro atoms. The predicted octanol–water partition coefficient (Wildman–Crippen LogP) is 2.34. The van der Waals surface area contributed by atoms with E-state index in [1.807, 2.05) is 0 Å². The average Bonchev–Trinajstić information content (AvgIpc) is 2.19. The van der Waals surface area contributed by atoms with Crippen molar-refractivity contribution < 1.29 is 10.2 Å². The van der Waals surface area contributed by atoms with Crippen molar-refractivity contribution in [3.63, 3.8) is 0 Å². The van der Waals surface area contributed by atoms with Gasteiger partial charge in [-0.25, -0.2) is 0 Å². The largest absolute Gasteiger partial charge is 0.396 e. The van der Waals surface area contributed by atoms with E-state index in [-0.39, 0.29) is 0 Å². The summed E-state index contributed by atoms with van der Waals surface area (Å²) in [5.74, 6) is 1.64. The van der Waals surface area contributed by atoms with Crippen LogP contribution in [-0.4, -0.2) is 23.4 Å². The molecule has 1 saturated carbocycles. The summed E-state index contributed by atoms with van der Waals surface area (Å²) in [6.07, 6.45) is 9.75. The molecule has 2 heteroatoms. The van der Waals surface area contributed by atoms with E-state index in [4.69, 9.17) is 10.2 Å². The summed E-state index contributed by atoms with van der Waals surface area (Å²) < 4.78 is 0. The van der Waals surface area contributed by atoms with E-state index in [1.165, 1.54) is 38.5 Å². The van der Waals surface area contributed by atoms with E-state index in [0.717, 1.165) is 24.7 Å². The molecule has 2 unspecified atom stereocenters. The highest BCUT2D eigenvalue weighted by Gasteiger charge is 2.20. The summed E-state index contributed by atoms with van der Waals surface area (Å²) in [5, 5.41) is 17.6. The van der Waals surface area contributed by atoms with Gasteiger partial charge in [-0.3, -0.25) is 0 Å². The molecule has 0 amide bonds. The number of hydrogen-bond donors (Lipinski definition) is 2. The van der Waals surface area contributed by atoms with Crippen LogP contribution in [0.5, 0.6) is 0 Å². The minimum atomic E-state index is 0.340. The first-order valence-electron chi connectivity index (χ1n) is 6.08. The van der Waals surface area contributed by atoms with Crippen molar-refractivity contribution in [2.24, 2.45) is 11.8 Å². The smallest absolute Gasteiger partial charge is 0.0433 e. The third-order valence-corrected chi connectivity index (χ3v) is 3.45. The lowest BCUT2D eigenvalue weighted by Crippen LogP contribution is -2.16. The Morgan fingerprint density at radius 1 is 0.857 bits per heavy atom. The summed E-state index contributed by atoms with van der Waals surface area (Å²) in [6, 6.07) is 0. The molecule has 0 aliphatic heterocycles. The third-order valence-electron chi connectivity index (χ3n) is 3.45. The first-order chi connectivity index (χ1) is 6.86. The molecule has 0 aromatic heterocycles. The Balaban J connectivity index is 2.12. The number of hydrogen-bond acceptors (Lipinski definition) is 2. The van der Waals surface area contributed by atoms with Gasteiger partial charge in [0.25, 0.3) is 0 Å². The third kappa shape index (κ3) is 4.43. The van der Waals surface area contributed by atoms with Gasteiger partial charge in [0.15, 0.2) is 0 Å². The fourth-order valence-corrected chi connectivity index (χ4v) is 2.65. The van der Waals surface area contributed by atoms with Crippen molar-refractivity contribution in [1.29, 1.82) is 0 Å². The fourth-order valence-electron chi connectivity index (χ4n) is 2.65. The molecule has 0 saturated heterocycles. The van der Waals surface area contributed by atoms with Crippen LogP contribution in [0.4, 0.5) is 0 Å². The van der Waals surface area contributed by atoms with Crippen LogP contribution in [-0.2, 0) is 0 Å². The Bertz CT molecular complexity index is 134. The number of aliphatic hydroxyl groups excluding tert-OH is 2. The van der Waals surface area contributed by atoms with Gasteiger partial charge < -0.3 is 10.2 Å². The van der Waals surface area contributed by atoms with Gasteiger partial charge >= 0.3 is 0 Å². The van der Waals surface area contributed by atoms with Gasteiger partial charge in [0, 0.05) is 13.2 Å². The van der Waals surface area contributed by atoms with Gasteiger partial charge in [0.1, 0.15) is 0 Å². The normalized spacial score (nSPS) is 27.9. The minimum absolute atomic E-state index is 0.340. The van der Waals surface area contributed by atoms with Crippen molar-refractivity contribution in [3.8, 4) is 0 Å². The number of rotatable bonds is 6. The van der Waals surface area contributed by atoms with Crippen LogP contribution >= 0.6 is 0 Å². The monoisotopic (exact) mass is 200 g/mol. The zero-order chi connectivity index (χ0) is 10.2. The Morgan fingerprint density at radius 2 is 1.57 bits per heavy atom.